The second-order valence-electron chi connectivity index (χ2n) is 7.56. The molecule has 4 aromatic rings. The number of H-pyrrole nitrogens is 1. The maximum Gasteiger partial charge on any atom is 0.328 e. The van der Waals surface area contributed by atoms with Gasteiger partial charge >= 0.3 is 5.97 Å². The van der Waals surface area contributed by atoms with Crippen LogP contribution in [0.4, 0.5) is 0 Å². The Bertz CT molecular complexity index is 1250. The molecule has 4 N–H and O–H groups in total. The summed E-state index contributed by atoms with van der Waals surface area (Å²) in [5, 5.41) is 23.2. The number of rotatable bonds is 7. The van der Waals surface area contributed by atoms with E-state index in [1.54, 1.807) is 6.07 Å². The number of carboxylic acids is 1. The fourth-order valence-corrected chi connectivity index (χ4v) is 3.72. The van der Waals surface area contributed by atoms with E-state index in [1.165, 1.54) is 6.92 Å². The van der Waals surface area contributed by atoms with Crippen LogP contribution in [0.1, 0.15) is 28.7 Å². The number of benzene rings is 2. The topological polar surface area (TPSA) is 115 Å². The summed E-state index contributed by atoms with van der Waals surface area (Å²) in [6, 6.07) is 18.0. The van der Waals surface area contributed by atoms with E-state index in [-0.39, 0.29) is 5.69 Å². The highest BCUT2D eigenvalue weighted by Gasteiger charge is 2.26. The molecule has 158 valence electrons. The number of carbonyl (C=O) groups is 2. The van der Waals surface area contributed by atoms with Crippen molar-refractivity contribution in [1.29, 1.82) is 0 Å². The van der Waals surface area contributed by atoms with Crippen LogP contribution in [-0.4, -0.2) is 44.2 Å². The smallest absolute Gasteiger partial charge is 0.328 e. The Labute approximate surface area is 178 Å². The number of hydrogen-bond donors (Lipinski definition) is 4. The minimum absolute atomic E-state index is 0.118. The van der Waals surface area contributed by atoms with Crippen molar-refractivity contribution in [3.8, 4) is 0 Å². The lowest BCUT2D eigenvalue weighted by atomic mass is 10.0. The van der Waals surface area contributed by atoms with E-state index in [1.807, 2.05) is 54.6 Å². The average molecular weight is 417 g/mol. The molecule has 2 unspecified atom stereocenters. The number of amides is 1. The Hall–Kier alpha value is -3.71. The Morgan fingerprint density at radius 2 is 1.74 bits per heavy atom. The number of aromatic amines is 1. The molecule has 0 aliphatic heterocycles. The van der Waals surface area contributed by atoms with Gasteiger partial charge in [0.2, 0.25) is 0 Å². The lowest BCUT2D eigenvalue weighted by Gasteiger charge is -2.17. The van der Waals surface area contributed by atoms with Gasteiger partial charge in [-0.15, -0.1) is 0 Å². The number of hydrogen-bond acceptors (Lipinski definition) is 4. The third kappa shape index (κ3) is 4.27. The van der Waals surface area contributed by atoms with Gasteiger partial charge in [0.05, 0.1) is 17.3 Å². The third-order valence-corrected chi connectivity index (χ3v) is 5.33. The number of para-hydroxylation sites is 1. The molecule has 0 aliphatic rings. The summed E-state index contributed by atoms with van der Waals surface area (Å²) in [5.74, 6) is -1.94. The third-order valence-electron chi connectivity index (χ3n) is 5.33. The van der Waals surface area contributed by atoms with Gasteiger partial charge < -0.3 is 20.5 Å². The predicted octanol–water partition coefficient (Wildman–Crippen LogP) is 3.07. The lowest BCUT2D eigenvalue weighted by molar-refractivity contribution is -0.141. The van der Waals surface area contributed by atoms with Crippen LogP contribution in [0, 0.1) is 0 Å². The van der Waals surface area contributed by atoms with Crippen LogP contribution in [0.3, 0.4) is 0 Å². The first-order valence-corrected chi connectivity index (χ1v) is 10.1. The first-order valence-electron chi connectivity index (χ1n) is 10.1. The Morgan fingerprint density at radius 1 is 1.03 bits per heavy atom. The summed E-state index contributed by atoms with van der Waals surface area (Å²) in [4.78, 5) is 32.2. The predicted molar refractivity (Wildman–Crippen MR) is 118 cm³/mol. The molecule has 0 fully saturated rings. The van der Waals surface area contributed by atoms with Crippen molar-refractivity contribution in [2.75, 3.05) is 0 Å². The standard InChI is InChI=1S/C24H23N3O4/c1-14(28)21(24(30)31)27-23(29)20-13-17-16-9-5-6-10-18(16)26-22(17)19(25-20)12-11-15-7-3-2-4-8-15/h2-10,13-14,21,26,28H,11-12H2,1H3,(H,27,29)(H,30,31). The minimum atomic E-state index is -1.42. The molecule has 2 heterocycles. The van der Waals surface area contributed by atoms with E-state index in [0.717, 1.165) is 39.5 Å². The quantitative estimate of drug-likeness (QED) is 0.369. The van der Waals surface area contributed by atoms with E-state index in [2.05, 4.69) is 15.3 Å². The molecule has 0 bridgehead atoms. The molecule has 2 atom stereocenters. The molecule has 0 saturated carbocycles. The number of aliphatic carboxylic acids is 1. The van der Waals surface area contributed by atoms with E-state index in [0.29, 0.717) is 6.42 Å². The molecule has 0 spiro atoms. The van der Waals surface area contributed by atoms with Crippen molar-refractivity contribution in [3.05, 3.63) is 77.6 Å². The molecule has 7 heteroatoms. The number of pyridine rings is 1. The highest BCUT2D eigenvalue weighted by molar-refractivity contribution is 6.10. The van der Waals surface area contributed by atoms with Crippen LogP contribution >= 0.6 is 0 Å². The number of aryl methyl sites for hydroxylation is 2. The number of aromatic nitrogens is 2. The van der Waals surface area contributed by atoms with Crippen molar-refractivity contribution in [2.45, 2.75) is 31.9 Å². The van der Waals surface area contributed by atoms with Crippen molar-refractivity contribution in [1.82, 2.24) is 15.3 Å². The Morgan fingerprint density at radius 3 is 2.45 bits per heavy atom. The lowest BCUT2D eigenvalue weighted by Crippen LogP contribution is -2.47. The van der Waals surface area contributed by atoms with Crippen molar-refractivity contribution in [3.63, 3.8) is 0 Å². The molecule has 31 heavy (non-hydrogen) atoms. The van der Waals surface area contributed by atoms with Crippen LogP contribution in [0.25, 0.3) is 21.8 Å². The molecule has 2 aromatic carbocycles. The number of carboxylic acid groups (broad SMARTS) is 1. The van der Waals surface area contributed by atoms with Crippen molar-refractivity contribution >= 4 is 33.7 Å². The Balaban J connectivity index is 1.75. The summed E-state index contributed by atoms with van der Waals surface area (Å²) in [5.41, 5.74) is 3.80. The van der Waals surface area contributed by atoms with Crippen molar-refractivity contribution in [2.24, 2.45) is 0 Å². The van der Waals surface area contributed by atoms with Crippen LogP contribution in [0.5, 0.6) is 0 Å². The SMILES string of the molecule is CC(O)C(NC(=O)c1cc2c([nH]c3ccccc32)c(CCc2ccccc2)n1)C(=O)O. The van der Waals surface area contributed by atoms with Gasteiger partial charge in [0, 0.05) is 16.3 Å². The van der Waals surface area contributed by atoms with Gasteiger partial charge in [0.15, 0.2) is 6.04 Å². The van der Waals surface area contributed by atoms with Gasteiger partial charge in [0.1, 0.15) is 5.69 Å². The number of carbonyl (C=O) groups excluding carboxylic acids is 1. The van der Waals surface area contributed by atoms with E-state index in [4.69, 9.17) is 0 Å². The first-order chi connectivity index (χ1) is 14.9. The van der Waals surface area contributed by atoms with Gasteiger partial charge in [-0.1, -0.05) is 48.5 Å². The van der Waals surface area contributed by atoms with Gasteiger partial charge in [-0.25, -0.2) is 9.78 Å². The number of aliphatic hydroxyl groups excluding tert-OH is 1. The van der Waals surface area contributed by atoms with Crippen LogP contribution < -0.4 is 5.32 Å². The highest BCUT2D eigenvalue weighted by atomic mass is 16.4. The molecule has 0 radical (unpaired) electrons. The van der Waals surface area contributed by atoms with Gasteiger partial charge in [-0.3, -0.25) is 4.79 Å². The molecule has 0 aliphatic carbocycles. The second-order valence-corrected chi connectivity index (χ2v) is 7.56. The van der Waals surface area contributed by atoms with E-state index >= 15 is 0 Å². The monoisotopic (exact) mass is 417 g/mol. The number of nitrogens with one attached hydrogen (secondary N) is 2. The fourth-order valence-electron chi connectivity index (χ4n) is 3.72. The zero-order chi connectivity index (χ0) is 22.0. The summed E-state index contributed by atoms with van der Waals surface area (Å²) < 4.78 is 0. The molecule has 1 amide bonds. The Kier molecular flexibility index (Phi) is 5.68. The fraction of sp³-hybridized carbons (Fsp3) is 0.208. The zero-order valence-electron chi connectivity index (χ0n) is 17.0. The van der Waals surface area contributed by atoms with Crippen LogP contribution in [0.15, 0.2) is 60.7 Å². The number of nitrogens with zero attached hydrogens (tertiary/aromatic N) is 1. The molecule has 2 aromatic heterocycles. The summed E-state index contributed by atoms with van der Waals surface area (Å²) in [6.07, 6.45) is 0.109. The van der Waals surface area contributed by atoms with Crippen LogP contribution in [0.2, 0.25) is 0 Å². The number of fused-ring (bicyclic) bond motifs is 3. The normalized spacial score (nSPS) is 13.2. The highest BCUT2D eigenvalue weighted by Crippen LogP contribution is 2.28. The minimum Gasteiger partial charge on any atom is -0.480 e. The van der Waals surface area contributed by atoms with Gasteiger partial charge in [-0.05, 0) is 37.5 Å². The average Bonchev–Trinajstić information content (AvgIpc) is 3.14. The number of aliphatic hydroxyl groups is 1. The molecule has 4 rings (SSSR count). The first kappa shape index (κ1) is 20.6. The van der Waals surface area contributed by atoms with Crippen molar-refractivity contribution < 1.29 is 19.8 Å². The van der Waals surface area contributed by atoms with Crippen LogP contribution in [-0.2, 0) is 17.6 Å². The molecular weight excluding hydrogens is 394 g/mol. The maximum absolute atomic E-state index is 12.8. The van der Waals surface area contributed by atoms with E-state index in [9.17, 15) is 19.8 Å². The summed E-state index contributed by atoms with van der Waals surface area (Å²) >= 11 is 0. The van der Waals surface area contributed by atoms with Gasteiger partial charge in [0.25, 0.3) is 5.91 Å². The molecular formula is C24H23N3O4. The largest absolute Gasteiger partial charge is 0.480 e. The summed E-state index contributed by atoms with van der Waals surface area (Å²) in [6.45, 7) is 1.32. The zero-order valence-corrected chi connectivity index (χ0v) is 17.0. The summed E-state index contributed by atoms with van der Waals surface area (Å²) in [7, 11) is 0. The van der Waals surface area contributed by atoms with E-state index < -0.39 is 24.0 Å². The second kappa shape index (κ2) is 8.57. The maximum atomic E-state index is 12.8. The molecule has 7 nitrogen and oxygen atoms in total. The molecule has 0 saturated heterocycles. The van der Waals surface area contributed by atoms with Gasteiger partial charge in [-0.2, -0.15) is 0 Å².